The third-order valence-corrected chi connectivity index (χ3v) is 3.83. The molecule has 0 aliphatic carbocycles. The summed E-state index contributed by atoms with van der Waals surface area (Å²) in [5, 5.41) is 9.79. The molecule has 1 unspecified atom stereocenters. The van der Waals surface area contributed by atoms with Crippen LogP contribution in [0.3, 0.4) is 0 Å². The van der Waals surface area contributed by atoms with Crippen molar-refractivity contribution in [2.24, 2.45) is 0 Å². The van der Waals surface area contributed by atoms with Gasteiger partial charge in [0, 0.05) is 12.8 Å². The van der Waals surface area contributed by atoms with E-state index >= 15 is 0 Å². The Morgan fingerprint density at radius 2 is 1.85 bits per heavy atom. The van der Waals surface area contributed by atoms with E-state index in [1.165, 1.54) is 44.9 Å². The Bertz CT molecular complexity index is 487. The van der Waals surface area contributed by atoms with E-state index in [1.807, 2.05) is 5.92 Å². The zero-order valence-corrected chi connectivity index (χ0v) is 16.0. The molecule has 26 heavy (non-hydrogen) atoms. The highest BCUT2D eigenvalue weighted by atomic mass is 19.3. The molecule has 0 fully saturated rings. The quantitative estimate of drug-likeness (QED) is 0.210. The highest BCUT2D eigenvalue weighted by molar-refractivity contribution is 5.69. The molecule has 0 radical (unpaired) electrons. The van der Waals surface area contributed by atoms with E-state index in [4.69, 9.17) is 0 Å². The number of aliphatic hydroxyl groups is 1. The minimum Gasteiger partial charge on any atom is -0.469 e. The summed E-state index contributed by atoms with van der Waals surface area (Å²) in [6, 6.07) is 0. The summed E-state index contributed by atoms with van der Waals surface area (Å²) >= 11 is 0. The van der Waals surface area contributed by atoms with Gasteiger partial charge in [0.2, 0.25) is 0 Å². The predicted molar refractivity (Wildman–Crippen MR) is 101 cm³/mol. The molecule has 0 saturated heterocycles. The standard InChI is InChI=1S/C21H32F2O3/c1-3-4-5-6-7-10-14-19(24)15-11-8-9-12-17-21(22,23)18-13-16-20(25)26-2/h8-9,11,15,19,24H,3-7,10,13-14,16,18H2,1-2H3/b9-8+,15-11+. The number of carbonyl (C=O) groups excluding carboxylic acids is 1. The molecule has 0 heterocycles. The largest absolute Gasteiger partial charge is 0.469 e. The number of rotatable bonds is 13. The van der Waals surface area contributed by atoms with Crippen molar-refractivity contribution in [1.29, 1.82) is 0 Å². The fourth-order valence-corrected chi connectivity index (χ4v) is 2.29. The van der Waals surface area contributed by atoms with Gasteiger partial charge in [0.1, 0.15) is 0 Å². The van der Waals surface area contributed by atoms with Crippen LogP contribution in [-0.2, 0) is 9.53 Å². The van der Waals surface area contributed by atoms with Crippen LogP contribution in [0.5, 0.6) is 0 Å². The van der Waals surface area contributed by atoms with E-state index < -0.39 is 24.4 Å². The van der Waals surface area contributed by atoms with Gasteiger partial charge >= 0.3 is 11.9 Å². The number of hydrogen-bond donors (Lipinski definition) is 1. The van der Waals surface area contributed by atoms with Crippen LogP contribution in [0.2, 0.25) is 0 Å². The van der Waals surface area contributed by atoms with Gasteiger partial charge < -0.3 is 9.84 Å². The molecule has 0 rings (SSSR count). The molecule has 0 aromatic heterocycles. The lowest BCUT2D eigenvalue weighted by molar-refractivity contribution is -0.140. The van der Waals surface area contributed by atoms with Crippen molar-refractivity contribution in [2.45, 2.75) is 83.2 Å². The zero-order chi connectivity index (χ0) is 19.7. The summed E-state index contributed by atoms with van der Waals surface area (Å²) in [4.78, 5) is 10.9. The van der Waals surface area contributed by atoms with Crippen LogP contribution >= 0.6 is 0 Å². The SMILES string of the molecule is CCCCCCCCC(O)/C=C/C=C/C#CC(F)(F)CCCC(=O)OC. The number of aliphatic hydroxyl groups excluding tert-OH is 1. The second-order valence-corrected chi connectivity index (χ2v) is 6.27. The van der Waals surface area contributed by atoms with Crippen molar-refractivity contribution in [2.75, 3.05) is 7.11 Å². The van der Waals surface area contributed by atoms with Gasteiger partial charge in [0.05, 0.1) is 13.2 Å². The molecule has 1 atom stereocenters. The second kappa shape index (κ2) is 15.6. The van der Waals surface area contributed by atoms with E-state index in [-0.39, 0.29) is 12.8 Å². The number of methoxy groups -OCH3 is 1. The number of unbranched alkanes of at least 4 members (excludes halogenated alkanes) is 5. The first-order valence-electron chi connectivity index (χ1n) is 9.40. The van der Waals surface area contributed by atoms with Crippen LogP contribution in [0.1, 0.15) is 71.1 Å². The van der Waals surface area contributed by atoms with E-state index in [1.54, 1.807) is 12.2 Å². The van der Waals surface area contributed by atoms with Gasteiger partial charge in [-0.2, -0.15) is 8.78 Å². The van der Waals surface area contributed by atoms with Crippen molar-refractivity contribution in [3.05, 3.63) is 24.3 Å². The molecule has 148 valence electrons. The molecular formula is C21H32F2O3. The van der Waals surface area contributed by atoms with Gasteiger partial charge in [-0.05, 0) is 24.8 Å². The van der Waals surface area contributed by atoms with Gasteiger partial charge in [-0.3, -0.25) is 4.79 Å². The smallest absolute Gasteiger partial charge is 0.308 e. The summed E-state index contributed by atoms with van der Waals surface area (Å²) in [5.74, 6) is 0.545. The first kappa shape index (κ1) is 24.3. The fourth-order valence-electron chi connectivity index (χ4n) is 2.29. The molecule has 3 nitrogen and oxygen atoms in total. The number of esters is 1. The summed E-state index contributed by atoms with van der Waals surface area (Å²) in [5.41, 5.74) is 0. The first-order chi connectivity index (χ1) is 12.4. The second-order valence-electron chi connectivity index (χ2n) is 6.27. The molecule has 5 heteroatoms. The zero-order valence-electron chi connectivity index (χ0n) is 16.0. The van der Waals surface area contributed by atoms with Crippen LogP contribution in [0.15, 0.2) is 24.3 Å². The van der Waals surface area contributed by atoms with E-state index in [2.05, 4.69) is 17.6 Å². The first-order valence-corrected chi connectivity index (χ1v) is 9.40. The minimum absolute atomic E-state index is 0.0304. The number of carbonyl (C=O) groups is 1. The van der Waals surface area contributed by atoms with Crippen molar-refractivity contribution < 1.29 is 23.4 Å². The Kier molecular flexibility index (Phi) is 14.6. The third kappa shape index (κ3) is 15.8. The Morgan fingerprint density at radius 3 is 2.54 bits per heavy atom. The molecule has 0 aliphatic heterocycles. The molecule has 0 amide bonds. The summed E-state index contributed by atoms with van der Waals surface area (Å²) in [7, 11) is 1.23. The van der Waals surface area contributed by atoms with Crippen molar-refractivity contribution in [3.63, 3.8) is 0 Å². The molecule has 0 aromatic rings. The number of ether oxygens (including phenoxy) is 1. The molecule has 0 spiro atoms. The maximum absolute atomic E-state index is 13.4. The lowest BCUT2D eigenvalue weighted by atomic mass is 10.1. The number of allylic oxidation sites excluding steroid dienone is 3. The van der Waals surface area contributed by atoms with Crippen LogP contribution in [-0.4, -0.2) is 30.2 Å². The van der Waals surface area contributed by atoms with Gasteiger partial charge in [0.15, 0.2) is 0 Å². The molecule has 0 aromatic carbocycles. The lowest BCUT2D eigenvalue weighted by Gasteiger charge is -2.07. The van der Waals surface area contributed by atoms with Crippen LogP contribution in [0.25, 0.3) is 0 Å². The van der Waals surface area contributed by atoms with Crippen LogP contribution < -0.4 is 0 Å². The molecule has 0 aliphatic rings. The van der Waals surface area contributed by atoms with E-state index in [0.717, 1.165) is 12.8 Å². The maximum atomic E-state index is 13.4. The number of alkyl halides is 2. The summed E-state index contributed by atoms with van der Waals surface area (Å²) in [6.45, 7) is 2.18. The highest BCUT2D eigenvalue weighted by Crippen LogP contribution is 2.20. The molecular weight excluding hydrogens is 338 g/mol. The Hall–Kier alpha value is -1.67. The Labute approximate surface area is 156 Å². The topological polar surface area (TPSA) is 46.5 Å². The minimum atomic E-state index is -3.13. The Morgan fingerprint density at radius 1 is 1.15 bits per heavy atom. The normalized spacial score (nSPS) is 13.0. The summed E-state index contributed by atoms with van der Waals surface area (Å²) in [6.07, 6.45) is 12.9. The van der Waals surface area contributed by atoms with Crippen LogP contribution in [0, 0.1) is 11.8 Å². The van der Waals surface area contributed by atoms with Crippen molar-refractivity contribution >= 4 is 5.97 Å². The maximum Gasteiger partial charge on any atom is 0.308 e. The highest BCUT2D eigenvalue weighted by Gasteiger charge is 2.25. The number of halogens is 2. The molecule has 1 N–H and O–H groups in total. The van der Waals surface area contributed by atoms with Crippen LogP contribution in [0.4, 0.5) is 8.78 Å². The van der Waals surface area contributed by atoms with Gasteiger partial charge in [-0.15, -0.1) is 0 Å². The van der Waals surface area contributed by atoms with Crippen molar-refractivity contribution in [1.82, 2.24) is 0 Å². The van der Waals surface area contributed by atoms with Crippen molar-refractivity contribution in [3.8, 4) is 11.8 Å². The average molecular weight is 370 g/mol. The Balaban J connectivity index is 3.97. The van der Waals surface area contributed by atoms with E-state index in [9.17, 15) is 18.7 Å². The molecule has 0 bridgehead atoms. The van der Waals surface area contributed by atoms with Gasteiger partial charge in [-0.1, -0.05) is 69.6 Å². The van der Waals surface area contributed by atoms with Gasteiger partial charge in [-0.25, -0.2) is 0 Å². The lowest BCUT2D eigenvalue weighted by Crippen LogP contribution is -2.13. The average Bonchev–Trinajstić information content (AvgIpc) is 2.60. The monoisotopic (exact) mass is 370 g/mol. The molecule has 0 saturated carbocycles. The van der Waals surface area contributed by atoms with Gasteiger partial charge in [0.25, 0.3) is 0 Å². The van der Waals surface area contributed by atoms with E-state index in [0.29, 0.717) is 6.42 Å². The fraction of sp³-hybridized carbons (Fsp3) is 0.667. The summed E-state index contributed by atoms with van der Waals surface area (Å²) < 4.78 is 31.3. The number of hydrogen-bond acceptors (Lipinski definition) is 3. The third-order valence-electron chi connectivity index (χ3n) is 3.83. The predicted octanol–water partition coefficient (Wildman–Crippen LogP) is 5.19.